The van der Waals surface area contributed by atoms with Gasteiger partial charge < -0.3 is 30.1 Å². The molecule has 4 rings (SSSR count). The van der Waals surface area contributed by atoms with E-state index >= 15 is 0 Å². The zero-order chi connectivity index (χ0) is 30.0. The number of aliphatic carboxylic acids is 1. The Labute approximate surface area is 239 Å². The molecule has 0 radical (unpaired) electrons. The van der Waals surface area contributed by atoms with Gasteiger partial charge in [0.15, 0.2) is 5.96 Å². The van der Waals surface area contributed by atoms with E-state index in [1.165, 1.54) is 0 Å². The fourth-order valence-electron chi connectivity index (χ4n) is 3.81. The number of nitrogens with zero attached hydrogens (tertiary/aromatic N) is 3. The molecule has 1 aliphatic rings. The number of guanidine groups is 1. The van der Waals surface area contributed by atoms with Gasteiger partial charge in [-0.3, -0.25) is 0 Å². The molecule has 3 N–H and O–H groups in total. The summed E-state index contributed by atoms with van der Waals surface area (Å²) in [4.78, 5) is 29.5. The first-order valence-corrected chi connectivity index (χ1v) is 12.7. The minimum Gasteiger partial charge on any atom is -0.497 e. The average Bonchev–Trinajstić information content (AvgIpc) is 2.96. The number of nitrogens with one attached hydrogen (secondary N) is 1. The number of alkyl halides is 3. The average molecular weight is 593 g/mol. The molecular formula is C28H28ClF3N4O5. The third-order valence-corrected chi connectivity index (χ3v) is 6.20. The minimum absolute atomic E-state index is 0.247. The van der Waals surface area contributed by atoms with Crippen LogP contribution >= 0.6 is 11.6 Å². The van der Waals surface area contributed by atoms with Crippen molar-refractivity contribution in [3.05, 3.63) is 88.9 Å². The van der Waals surface area contributed by atoms with E-state index < -0.39 is 18.1 Å². The second-order valence-corrected chi connectivity index (χ2v) is 9.19. The van der Waals surface area contributed by atoms with Gasteiger partial charge in [-0.05, 0) is 66.2 Å². The van der Waals surface area contributed by atoms with Gasteiger partial charge in [-0.1, -0.05) is 23.7 Å². The molecule has 0 aliphatic carbocycles. The zero-order valence-electron chi connectivity index (χ0n) is 21.9. The number of carbonyl (C=O) groups is 2. The van der Waals surface area contributed by atoms with E-state index in [0.717, 1.165) is 59.8 Å². The van der Waals surface area contributed by atoms with Gasteiger partial charge in [-0.15, -0.1) is 0 Å². The number of ether oxygens (including phenoxy) is 1. The van der Waals surface area contributed by atoms with E-state index in [1.54, 1.807) is 31.4 Å². The van der Waals surface area contributed by atoms with Crippen LogP contribution in [0.4, 0.5) is 24.5 Å². The lowest BCUT2D eigenvalue weighted by Gasteiger charge is -2.37. The largest absolute Gasteiger partial charge is 0.497 e. The molecule has 3 aromatic carbocycles. The van der Waals surface area contributed by atoms with Crippen molar-refractivity contribution in [1.29, 1.82) is 0 Å². The number of hydrogen-bond donors (Lipinski definition) is 3. The second kappa shape index (κ2) is 14.3. The van der Waals surface area contributed by atoms with Crippen LogP contribution in [-0.4, -0.2) is 72.5 Å². The Hall–Kier alpha value is -4.45. The predicted molar refractivity (Wildman–Crippen MR) is 150 cm³/mol. The first-order chi connectivity index (χ1) is 19.5. The summed E-state index contributed by atoms with van der Waals surface area (Å²) < 4.78 is 37.1. The van der Waals surface area contributed by atoms with Gasteiger partial charge in [0.1, 0.15) is 5.75 Å². The lowest BCUT2D eigenvalue weighted by Crippen LogP contribution is -2.50. The summed E-state index contributed by atoms with van der Waals surface area (Å²) in [6, 6.07) is 22.4. The Bertz CT molecular complexity index is 1340. The number of rotatable bonds is 6. The first kappa shape index (κ1) is 31.1. The normalized spacial score (nSPS) is 13.6. The van der Waals surface area contributed by atoms with Gasteiger partial charge in [0, 0.05) is 42.6 Å². The molecule has 0 bridgehead atoms. The quantitative estimate of drug-likeness (QED) is 0.255. The number of hydrogen-bond acceptors (Lipinski definition) is 5. The fourth-order valence-corrected chi connectivity index (χ4v) is 3.94. The number of anilines is 2. The molecule has 0 saturated carbocycles. The Morgan fingerprint density at radius 1 is 0.976 bits per heavy atom. The topological polar surface area (TPSA) is 115 Å². The number of halogens is 4. The summed E-state index contributed by atoms with van der Waals surface area (Å²) >= 11 is 6.03. The van der Waals surface area contributed by atoms with Gasteiger partial charge in [0.05, 0.1) is 19.2 Å². The number of aliphatic imine (C=N–C) groups is 1. The summed E-state index contributed by atoms with van der Waals surface area (Å²) in [6.07, 6.45) is -5.08. The Balaban J connectivity index is 0.000000587. The number of aromatic carboxylic acids is 1. The van der Waals surface area contributed by atoms with E-state index in [2.05, 4.69) is 15.1 Å². The molecule has 218 valence electrons. The number of methoxy groups -OCH3 is 1. The Kier molecular flexibility index (Phi) is 10.8. The number of carboxylic acids is 2. The molecular weight excluding hydrogens is 565 g/mol. The molecule has 13 heteroatoms. The van der Waals surface area contributed by atoms with Gasteiger partial charge >= 0.3 is 18.1 Å². The maximum atomic E-state index is 11.2. The highest BCUT2D eigenvalue weighted by Gasteiger charge is 2.38. The van der Waals surface area contributed by atoms with Gasteiger partial charge in [-0.2, -0.15) is 13.2 Å². The summed E-state index contributed by atoms with van der Waals surface area (Å²) in [7, 11) is 1.65. The molecule has 0 amide bonds. The monoisotopic (exact) mass is 592 g/mol. The summed E-state index contributed by atoms with van der Waals surface area (Å²) in [5.74, 6) is -2.16. The zero-order valence-corrected chi connectivity index (χ0v) is 22.7. The van der Waals surface area contributed by atoms with Crippen molar-refractivity contribution in [1.82, 2.24) is 4.90 Å². The highest BCUT2D eigenvalue weighted by atomic mass is 35.5. The van der Waals surface area contributed by atoms with Gasteiger partial charge in [0.2, 0.25) is 0 Å². The summed E-state index contributed by atoms with van der Waals surface area (Å²) in [5, 5.41) is 20.4. The van der Waals surface area contributed by atoms with E-state index in [4.69, 9.17) is 31.2 Å². The molecule has 1 saturated heterocycles. The van der Waals surface area contributed by atoms with Crippen LogP contribution in [0, 0.1) is 0 Å². The van der Waals surface area contributed by atoms with E-state index in [1.807, 2.05) is 48.5 Å². The highest BCUT2D eigenvalue weighted by Crippen LogP contribution is 2.21. The third-order valence-electron chi connectivity index (χ3n) is 5.95. The first-order valence-electron chi connectivity index (χ1n) is 12.3. The lowest BCUT2D eigenvalue weighted by molar-refractivity contribution is -0.192. The maximum Gasteiger partial charge on any atom is 0.490 e. The van der Waals surface area contributed by atoms with Crippen molar-refractivity contribution in [2.45, 2.75) is 12.7 Å². The van der Waals surface area contributed by atoms with Crippen LogP contribution in [0.25, 0.3) is 0 Å². The van der Waals surface area contributed by atoms with E-state index in [9.17, 15) is 23.1 Å². The van der Waals surface area contributed by atoms with Gasteiger partial charge in [0.25, 0.3) is 0 Å². The molecule has 0 aromatic heterocycles. The molecule has 0 unspecified atom stereocenters. The van der Waals surface area contributed by atoms with Crippen LogP contribution in [0.3, 0.4) is 0 Å². The van der Waals surface area contributed by atoms with Crippen LogP contribution in [0.5, 0.6) is 5.75 Å². The predicted octanol–water partition coefficient (Wildman–Crippen LogP) is 5.47. The summed E-state index contributed by atoms with van der Waals surface area (Å²) in [6.45, 7) is 3.77. The Morgan fingerprint density at radius 3 is 2.12 bits per heavy atom. The SMILES string of the molecule is COc1cccc(CN=C(Nc2ccc(C(=O)O)cc2)N2CCN(c3ccc(Cl)cc3)CC2)c1.O=C(O)C(F)(F)F. The van der Waals surface area contributed by atoms with Crippen LogP contribution in [0.2, 0.25) is 5.02 Å². The molecule has 0 atom stereocenters. The fraction of sp³-hybridized carbons (Fsp3) is 0.250. The number of piperazine rings is 1. The van der Waals surface area contributed by atoms with E-state index in [-0.39, 0.29) is 5.56 Å². The standard InChI is InChI=1S/C26H27ClN4O3.C2HF3O2/c1-34-24-4-2-3-19(17-24)18-28-26(29-22-9-5-20(6-10-22)25(32)33)31-15-13-30(14-16-31)23-11-7-21(27)8-12-23;3-2(4,5)1(6)7/h2-12,17H,13-16,18H2,1H3,(H,28,29)(H,32,33);(H,6,7). The lowest BCUT2D eigenvalue weighted by atomic mass is 10.2. The van der Waals surface area contributed by atoms with Crippen molar-refractivity contribution in [3.63, 3.8) is 0 Å². The minimum atomic E-state index is -5.08. The van der Waals surface area contributed by atoms with Crippen molar-refractivity contribution < 1.29 is 37.7 Å². The number of benzene rings is 3. The highest BCUT2D eigenvalue weighted by molar-refractivity contribution is 6.30. The molecule has 1 aliphatic heterocycles. The van der Waals surface area contributed by atoms with Crippen LogP contribution in [0.15, 0.2) is 77.8 Å². The van der Waals surface area contributed by atoms with Gasteiger partial charge in [-0.25, -0.2) is 14.6 Å². The maximum absolute atomic E-state index is 11.2. The van der Waals surface area contributed by atoms with E-state index in [0.29, 0.717) is 6.54 Å². The molecule has 3 aromatic rings. The van der Waals surface area contributed by atoms with Crippen molar-refractivity contribution in [3.8, 4) is 5.75 Å². The summed E-state index contributed by atoms with van der Waals surface area (Å²) in [5.41, 5.74) is 3.22. The molecule has 0 spiro atoms. The van der Waals surface area contributed by atoms with Crippen molar-refractivity contribution in [2.75, 3.05) is 43.5 Å². The molecule has 9 nitrogen and oxygen atoms in total. The van der Waals surface area contributed by atoms with Crippen molar-refractivity contribution in [2.24, 2.45) is 4.99 Å². The number of carboxylic acid groups (broad SMARTS) is 2. The molecule has 1 heterocycles. The third kappa shape index (κ3) is 9.60. The van der Waals surface area contributed by atoms with Crippen LogP contribution in [0.1, 0.15) is 15.9 Å². The van der Waals surface area contributed by atoms with Crippen molar-refractivity contribution >= 4 is 40.9 Å². The smallest absolute Gasteiger partial charge is 0.490 e. The Morgan fingerprint density at radius 2 is 1.59 bits per heavy atom. The second-order valence-electron chi connectivity index (χ2n) is 8.75. The molecule has 41 heavy (non-hydrogen) atoms. The van der Waals surface area contributed by atoms with Crippen LogP contribution in [-0.2, 0) is 11.3 Å². The molecule has 1 fully saturated rings. The van der Waals surface area contributed by atoms with Crippen LogP contribution < -0.4 is 15.0 Å².